The molecule has 0 bridgehead atoms. The molecule has 1 N–H and O–H groups in total. The average molecular weight is 251 g/mol. The summed E-state index contributed by atoms with van der Waals surface area (Å²) in [6.45, 7) is 2.85. The minimum Gasteiger partial charge on any atom is -0.387 e. The second-order valence-corrected chi connectivity index (χ2v) is 4.67. The van der Waals surface area contributed by atoms with Gasteiger partial charge in [0.05, 0.1) is 12.2 Å². The Labute approximate surface area is 108 Å². The highest BCUT2D eigenvalue weighted by Crippen LogP contribution is 2.18. The van der Waals surface area contributed by atoms with Crippen LogP contribution in [-0.2, 0) is 9.47 Å². The van der Waals surface area contributed by atoms with Crippen molar-refractivity contribution in [1.29, 1.82) is 0 Å². The fourth-order valence-electron chi connectivity index (χ4n) is 2.29. The molecule has 0 aliphatic carbocycles. The first-order valence-corrected chi connectivity index (χ1v) is 6.35. The molecule has 2 rings (SSSR count). The van der Waals surface area contributed by atoms with Gasteiger partial charge in [0.1, 0.15) is 6.79 Å². The molecule has 0 saturated carbocycles. The van der Waals surface area contributed by atoms with Crippen molar-refractivity contribution in [2.24, 2.45) is 0 Å². The van der Waals surface area contributed by atoms with Crippen LogP contribution in [0, 0.1) is 0 Å². The van der Waals surface area contributed by atoms with Crippen LogP contribution in [0.1, 0.15) is 18.1 Å². The number of rotatable bonds is 6. The number of β-amino-alcohol motifs (C(OH)–C–C–N with tert-alkyl or cyclic N) is 1. The van der Waals surface area contributed by atoms with Crippen molar-refractivity contribution in [3.05, 3.63) is 35.9 Å². The van der Waals surface area contributed by atoms with Gasteiger partial charge in [-0.1, -0.05) is 30.3 Å². The maximum atomic E-state index is 10.1. The summed E-state index contributed by atoms with van der Waals surface area (Å²) in [6, 6.07) is 9.78. The number of benzene rings is 1. The van der Waals surface area contributed by atoms with Crippen molar-refractivity contribution in [2.75, 3.05) is 33.5 Å². The zero-order valence-electron chi connectivity index (χ0n) is 10.8. The average Bonchev–Trinajstić information content (AvgIpc) is 2.85. The van der Waals surface area contributed by atoms with Crippen molar-refractivity contribution in [1.82, 2.24) is 4.90 Å². The molecule has 2 atom stereocenters. The quantitative estimate of drug-likeness (QED) is 0.776. The van der Waals surface area contributed by atoms with Crippen LogP contribution in [0.15, 0.2) is 30.3 Å². The summed E-state index contributed by atoms with van der Waals surface area (Å²) in [7, 11) is 1.63. The van der Waals surface area contributed by atoms with E-state index in [4.69, 9.17) is 9.47 Å². The van der Waals surface area contributed by atoms with Crippen LogP contribution >= 0.6 is 0 Å². The molecule has 1 aliphatic rings. The Balaban J connectivity index is 1.77. The predicted molar refractivity (Wildman–Crippen MR) is 69.2 cm³/mol. The Morgan fingerprint density at radius 1 is 1.39 bits per heavy atom. The monoisotopic (exact) mass is 251 g/mol. The Morgan fingerprint density at radius 3 is 2.89 bits per heavy atom. The van der Waals surface area contributed by atoms with Crippen molar-refractivity contribution in [3.8, 4) is 0 Å². The summed E-state index contributed by atoms with van der Waals surface area (Å²) in [6.07, 6.45) is 0.811. The summed E-state index contributed by atoms with van der Waals surface area (Å²) in [5.74, 6) is 0. The lowest BCUT2D eigenvalue weighted by molar-refractivity contribution is -0.0676. The van der Waals surface area contributed by atoms with Gasteiger partial charge in [0.15, 0.2) is 0 Å². The number of methoxy groups -OCH3 is 1. The van der Waals surface area contributed by atoms with Crippen LogP contribution in [0.2, 0.25) is 0 Å². The van der Waals surface area contributed by atoms with Crippen LogP contribution in [-0.4, -0.2) is 49.6 Å². The summed E-state index contributed by atoms with van der Waals surface area (Å²) in [5.41, 5.74) is 0.971. The minimum absolute atomic E-state index is 0.230. The lowest BCUT2D eigenvalue weighted by atomic mass is 10.1. The minimum atomic E-state index is -0.424. The normalized spacial score (nSPS) is 22.2. The standard InChI is InChI=1S/C14H21NO3/c1-17-11-18-13-7-8-15(9-13)10-14(16)12-5-3-2-4-6-12/h2-6,13-14,16H,7-11H2,1H3/t13-,14+/m0/s1. The smallest absolute Gasteiger partial charge is 0.146 e. The van der Waals surface area contributed by atoms with E-state index < -0.39 is 6.10 Å². The fraction of sp³-hybridized carbons (Fsp3) is 0.571. The molecule has 0 spiro atoms. The van der Waals surface area contributed by atoms with Gasteiger partial charge in [0, 0.05) is 26.7 Å². The van der Waals surface area contributed by atoms with E-state index in [2.05, 4.69) is 4.90 Å². The molecule has 18 heavy (non-hydrogen) atoms. The van der Waals surface area contributed by atoms with Crippen molar-refractivity contribution in [2.45, 2.75) is 18.6 Å². The lowest BCUT2D eigenvalue weighted by Gasteiger charge is -2.20. The zero-order valence-corrected chi connectivity index (χ0v) is 10.8. The number of nitrogens with zero attached hydrogens (tertiary/aromatic N) is 1. The van der Waals surface area contributed by atoms with Crippen LogP contribution < -0.4 is 0 Å². The molecule has 0 amide bonds. The molecule has 100 valence electrons. The number of aliphatic hydroxyl groups is 1. The molecular weight excluding hydrogens is 230 g/mol. The van der Waals surface area contributed by atoms with E-state index in [9.17, 15) is 5.11 Å². The third-order valence-electron chi connectivity index (χ3n) is 3.27. The molecule has 1 heterocycles. The Bertz CT molecular complexity index is 344. The molecule has 1 aromatic rings. The molecule has 1 saturated heterocycles. The molecule has 1 aromatic carbocycles. The SMILES string of the molecule is COCO[C@H]1CCN(C[C@@H](O)c2ccccc2)C1. The highest BCUT2D eigenvalue weighted by Gasteiger charge is 2.24. The van der Waals surface area contributed by atoms with Crippen LogP contribution in [0.25, 0.3) is 0 Å². The lowest BCUT2D eigenvalue weighted by Crippen LogP contribution is -2.28. The van der Waals surface area contributed by atoms with Gasteiger partial charge < -0.3 is 14.6 Å². The number of aliphatic hydroxyl groups excluding tert-OH is 1. The van der Waals surface area contributed by atoms with Gasteiger partial charge in [-0.25, -0.2) is 0 Å². The maximum absolute atomic E-state index is 10.1. The Hall–Kier alpha value is -0.940. The molecule has 4 nitrogen and oxygen atoms in total. The Kier molecular flexibility index (Phi) is 5.13. The fourth-order valence-corrected chi connectivity index (χ4v) is 2.29. The highest BCUT2D eigenvalue weighted by molar-refractivity contribution is 5.17. The molecule has 0 radical (unpaired) electrons. The topological polar surface area (TPSA) is 41.9 Å². The molecule has 4 heteroatoms. The van der Waals surface area contributed by atoms with Gasteiger partial charge in [-0.3, -0.25) is 4.90 Å². The molecule has 1 aliphatic heterocycles. The zero-order chi connectivity index (χ0) is 12.8. The van der Waals surface area contributed by atoms with E-state index in [1.54, 1.807) is 7.11 Å². The first-order valence-electron chi connectivity index (χ1n) is 6.35. The van der Waals surface area contributed by atoms with E-state index in [1.165, 1.54) is 0 Å². The van der Waals surface area contributed by atoms with Gasteiger partial charge in [-0.15, -0.1) is 0 Å². The van der Waals surface area contributed by atoms with Gasteiger partial charge in [-0.2, -0.15) is 0 Å². The van der Waals surface area contributed by atoms with Gasteiger partial charge in [0.2, 0.25) is 0 Å². The molecule has 0 unspecified atom stereocenters. The van der Waals surface area contributed by atoms with E-state index in [-0.39, 0.29) is 6.10 Å². The van der Waals surface area contributed by atoms with Crippen molar-refractivity contribution < 1.29 is 14.6 Å². The number of ether oxygens (including phenoxy) is 2. The molecule has 1 fully saturated rings. The van der Waals surface area contributed by atoms with Gasteiger partial charge in [0.25, 0.3) is 0 Å². The van der Waals surface area contributed by atoms with Crippen molar-refractivity contribution in [3.63, 3.8) is 0 Å². The summed E-state index contributed by atoms with van der Waals surface area (Å²) in [4.78, 5) is 2.23. The third-order valence-corrected chi connectivity index (χ3v) is 3.27. The maximum Gasteiger partial charge on any atom is 0.146 e. The van der Waals surface area contributed by atoms with Crippen LogP contribution in [0.5, 0.6) is 0 Å². The number of hydrogen-bond acceptors (Lipinski definition) is 4. The van der Waals surface area contributed by atoms with E-state index in [0.717, 1.165) is 25.1 Å². The van der Waals surface area contributed by atoms with Crippen molar-refractivity contribution >= 4 is 0 Å². The number of hydrogen-bond donors (Lipinski definition) is 1. The molecule has 0 aromatic heterocycles. The number of likely N-dealkylation sites (tertiary alicyclic amines) is 1. The predicted octanol–water partition coefficient (Wildman–Crippen LogP) is 1.41. The summed E-state index contributed by atoms with van der Waals surface area (Å²) >= 11 is 0. The highest BCUT2D eigenvalue weighted by atomic mass is 16.7. The van der Waals surface area contributed by atoms with Gasteiger partial charge in [-0.05, 0) is 12.0 Å². The van der Waals surface area contributed by atoms with E-state index in [0.29, 0.717) is 13.3 Å². The largest absolute Gasteiger partial charge is 0.387 e. The summed E-state index contributed by atoms with van der Waals surface area (Å²) in [5, 5.41) is 10.1. The van der Waals surface area contributed by atoms with Crippen LogP contribution in [0.4, 0.5) is 0 Å². The van der Waals surface area contributed by atoms with Gasteiger partial charge >= 0.3 is 0 Å². The summed E-state index contributed by atoms with van der Waals surface area (Å²) < 4.78 is 10.4. The Morgan fingerprint density at radius 2 is 2.17 bits per heavy atom. The van der Waals surface area contributed by atoms with E-state index >= 15 is 0 Å². The molecular formula is C14H21NO3. The second-order valence-electron chi connectivity index (χ2n) is 4.67. The third kappa shape index (κ3) is 3.78. The second kappa shape index (κ2) is 6.85. The van der Waals surface area contributed by atoms with E-state index in [1.807, 2.05) is 30.3 Å². The van der Waals surface area contributed by atoms with Crippen LogP contribution in [0.3, 0.4) is 0 Å². The first kappa shape index (κ1) is 13.5. The first-order chi connectivity index (χ1) is 8.79.